The minimum atomic E-state index is -0.391. The predicted octanol–water partition coefficient (Wildman–Crippen LogP) is 2.53. The molecule has 0 aliphatic rings. The van der Waals surface area contributed by atoms with Crippen molar-refractivity contribution >= 4 is 22.2 Å². The molecule has 5 nitrogen and oxygen atoms in total. The molecule has 0 aliphatic heterocycles. The van der Waals surface area contributed by atoms with E-state index in [1.54, 1.807) is 12.1 Å². The summed E-state index contributed by atoms with van der Waals surface area (Å²) in [5.41, 5.74) is 7.50. The predicted molar refractivity (Wildman–Crippen MR) is 67.2 cm³/mol. The second kappa shape index (κ2) is 4.50. The van der Waals surface area contributed by atoms with Gasteiger partial charge < -0.3 is 5.73 Å². The summed E-state index contributed by atoms with van der Waals surface area (Å²) >= 11 is 1.42. The first kappa shape index (κ1) is 11.5. The lowest BCUT2D eigenvalue weighted by Crippen LogP contribution is -1.91. The lowest BCUT2D eigenvalue weighted by Gasteiger charge is -1.99. The second-order valence-electron chi connectivity index (χ2n) is 3.66. The van der Waals surface area contributed by atoms with E-state index in [1.807, 2.05) is 13.0 Å². The molecule has 0 unspecified atom stereocenters. The first-order chi connectivity index (χ1) is 8.06. The van der Waals surface area contributed by atoms with Crippen LogP contribution in [0.2, 0.25) is 0 Å². The third kappa shape index (κ3) is 2.59. The number of non-ortho nitro benzene ring substituents is 1. The number of rotatable bonds is 3. The van der Waals surface area contributed by atoms with Gasteiger partial charge in [-0.25, -0.2) is 4.98 Å². The van der Waals surface area contributed by atoms with Crippen LogP contribution in [0.15, 0.2) is 24.3 Å². The molecular formula is C11H11N3O2S. The van der Waals surface area contributed by atoms with Crippen LogP contribution >= 0.6 is 11.3 Å². The third-order valence-electron chi connectivity index (χ3n) is 2.40. The maximum atomic E-state index is 10.7. The van der Waals surface area contributed by atoms with Crippen molar-refractivity contribution < 1.29 is 4.92 Å². The smallest absolute Gasteiger partial charge is 0.269 e. The van der Waals surface area contributed by atoms with Crippen molar-refractivity contribution in [1.29, 1.82) is 0 Å². The molecule has 17 heavy (non-hydrogen) atoms. The lowest BCUT2D eigenvalue weighted by atomic mass is 10.1. The number of thiazole rings is 1. The van der Waals surface area contributed by atoms with Gasteiger partial charge >= 0.3 is 0 Å². The molecule has 2 N–H and O–H groups in total. The third-order valence-corrected chi connectivity index (χ3v) is 3.38. The van der Waals surface area contributed by atoms with Crippen molar-refractivity contribution in [3.63, 3.8) is 0 Å². The van der Waals surface area contributed by atoms with Crippen molar-refractivity contribution in [3.05, 3.63) is 50.5 Å². The zero-order valence-corrected chi connectivity index (χ0v) is 10.0. The van der Waals surface area contributed by atoms with Gasteiger partial charge in [-0.2, -0.15) is 0 Å². The number of nitrogens with zero attached hydrogens (tertiary/aromatic N) is 2. The van der Waals surface area contributed by atoms with Gasteiger partial charge in [0, 0.05) is 23.4 Å². The quantitative estimate of drug-likeness (QED) is 0.669. The number of anilines is 1. The Kier molecular flexibility index (Phi) is 3.06. The lowest BCUT2D eigenvalue weighted by molar-refractivity contribution is -0.384. The fourth-order valence-corrected chi connectivity index (χ4v) is 2.45. The van der Waals surface area contributed by atoms with Gasteiger partial charge in [0.25, 0.3) is 5.69 Å². The summed E-state index contributed by atoms with van der Waals surface area (Å²) in [4.78, 5) is 15.4. The number of aryl methyl sites for hydroxylation is 1. The summed E-state index contributed by atoms with van der Waals surface area (Å²) < 4.78 is 0. The molecule has 1 heterocycles. The molecule has 6 heteroatoms. The number of nitro groups is 1. The van der Waals surface area contributed by atoms with Crippen molar-refractivity contribution in [2.75, 3.05) is 5.73 Å². The summed E-state index contributed by atoms with van der Waals surface area (Å²) in [6.07, 6.45) is 0.627. The highest BCUT2D eigenvalue weighted by atomic mass is 32.1. The van der Waals surface area contributed by atoms with Crippen molar-refractivity contribution in [3.8, 4) is 0 Å². The zero-order valence-electron chi connectivity index (χ0n) is 9.21. The number of nitro benzene ring substituents is 1. The largest absolute Gasteiger partial charge is 0.375 e. The molecule has 0 aliphatic carbocycles. The summed E-state index contributed by atoms with van der Waals surface area (Å²) in [5, 5.41) is 11.2. The van der Waals surface area contributed by atoms with Crippen LogP contribution in [0, 0.1) is 17.0 Å². The van der Waals surface area contributed by atoms with Crippen LogP contribution in [0.4, 0.5) is 10.8 Å². The van der Waals surface area contributed by atoms with Crippen molar-refractivity contribution in [2.45, 2.75) is 13.3 Å². The van der Waals surface area contributed by atoms with Gasteiger partial charge in [-0.1, -0.05) is 12.1 Å². The van der Waals surface area contributed by atoms with Gasteiger partial charge in [0.15, 0.2) is 5.13 Å². The normalized spacial score (nSPS) is 10.4. The minimum absolute atomic E-state index is 0.109. The van der Waals surface area contributed by atoms with E-state index in [-0.39, 0.29) is 5.69 Å². The first-order valence-electron chi connectivity index (χ1n) is 5.01. The van der Waals surface area contributed by atoms with Crippen LogP contribution < -0.4 is 5.73 Å². The number of hydrogen-bond acceptors (Lipinski definition) is 5. The highest BCUT2D eigenvalue weighted by Gasteiger charge is 2.09. The summed E-state index contributed by atoms with van der Waals surface area (Å²) in [6, 6.07) is 6.61. The Morgan fingerprint density at radius 2 is 2.29 bits per heavy atom. The molecule has 0 bridgehead atoms. The Balaban J connectivity index is 2.27. The fraction of sp³-hybridized carbons (Fsp3) is 0.182. The molecule has 0 spiro atoms. The fourth-order valence-electron chi connectivity index (χ4n) is 1.58. The van der Waals surface area contributed by atoms with Gasteiger partial charge in [0.05, 0.1) is 10.6 Å². The number of nitrogens with two attached hydrogens (primary N) is 1. The maximum Gasteiger partial charge on any atom is 0.269 e. The van der Waals surface area contributed by atoms with Crippen molar-refractivity contribution in [2.24, 2.45) is 0 Å². The first-order valence-corrected chi connectivity index (χ1v) is 5.83. The average Bonchev–Trinajstić information content (AvgIpc) is 2.58. The topological polar surface area (TPSA) is 82.0 Å². The van der Waals surface area contributed by atoms with Gasteiger partial charge in [-0.15, -0.1) is 11.3 Å². The molecule has 0 amide bonds. The van der Waals surface area contributed by atoms with Crippen LogP contribution in [0.5, 0.6) is 0 Å². The molecule has 2 rings (SSSR count). The molecular weight excluding hydrogens is 238 g/mol. The summed E-state index contributed by atoms with van der Waals surface area (Å²) in [6.45, 7) is 1.89. The van der Waals surface area contributed by atoms with Crippen LogP contribution in [-0.4, -0.2) is 9.91 Å². The van der Waals surface area contributed by atoms with Crippen LogP contribution in [0.1, 0.15) is 16.1 Å². The Morgan fingerprint density at radius 1 is 1.53 bits per heavy atom. The van der Waals surface area contributed by atoms with Crippen LogP contribution in [0.3, 0.4) is 0 Å². The highest BCUT2D eigenvalue weighted by Crippen LogP contribution is 2.24. The number of nitrogen functional groups attached to an aromatic ring is 1. The molecule has 0 saturated carbocycles. The average molecular weight is 249 g/mol. The van der Waals surface area contributed by atoms with E-state index in [4.69, 9.17) is 5.73 Å². The number of hydrogen-bond donors (Lipinski definition) is 1. The summed E-state index contributed by atoms with van der Waals surface area (Å²) in [7, 11) is 0. The van der Waals surface area contributed by atoms with E-state index in [2.05, 4.69) is 4.98 Å². The van der Waals surface area contributed by atoms with E-state index in [1.165, 1.54) is 17.4 Å². The standard InChI is InChI=1S/C11H11N3O2S/c1-7-10(17-11(12)13-7)6-8-3-2-4-9(5-8)14(15)16/h2-5H,6H2,1H3,(H2,12,13). The molecule has 88 valence electrons. The molecule has 0 atom stereocenters. The molecule has 0 radical (unpaired) electrons. The Bertz CT molecular complexity index is 566. The second-order valence-corrected chi connectivity index (χ2v) is 4.78. The zero-order chi connectivity index (χ0) is 12.4. The van der Waals surface area contributed by atoms with Gasteiger partial charge in [0.1, 0.15) is 0 Å². The van der Waals surface area contributed by atoms with E-state index in [0.29, 0.717) is 11.6 Å². The van der Waals surface area contributed by atoms with E-state index in [0.717, 1.165) is 16.1 Å². The van der Waals surface area contributed by atoms with Crippen molar-refractivity contribution in [1.82, 2.24) is 4.98 Å². The van der Waals surface area contributed by atoms with Gasteiger partial charge in [-0.3, -0.25) is 10.1 Å². The summed E-state index contributed by atoms with van der Waals surface area (Å²) in [5.74, 6) is 0. The SMILES string of the molecule is Cc1nc(N)sc1Cc1cccc([N+](=O)[O-])c1. The van der Waals surface area contributed by atoms with Gasteiger partial charge in [0.2, 0.25) is 0 Å². The van der Waals surface area contributed by atoms with E-state index < -0.39 is 4.92 Å². The maximum absolute atomic E-state index is 10.7. The Hall–Kier alpha value is -1.95. The number of aromatic nitrogens is 1. The van der Waals surface area contributed by atoms with Gasteiger partial charge in [-0.05, 0) is 12.5 Å². The highest BCUT2D eigenvalue weighted by molar-refractivity contribution is 7.15. The Morgan fingerprint density at radius 3 is 2.88 bits per heavy atom. The molecule has 0 fully saturated rings. The molecule has 2 aromatic rings. The van der Waals surface area contributed by atoms with E-state index >= 15 is 0 Å². The van der Waals surface area contributed by atoms with Crippen LogP contribution in [-0.2, 0) is 6.42 Å². The van der Waals surface area contributed by atoms with E-state index in [9.17, 15) is 10.1 Å². The van der Waals surface area contributed by atoms with Crippen LogP contribution in [0.25, 0.3) is 0 Å². The monoisotopic (exact) mass is 249 g/mol. The molecule has 1 aromatic carbocycles. The Labute approximate surface area is 102 Å². The molecule has 0 saturated heterocycles. The molecule has 1 aromatic heterocycles. The minimum Gasteiger partial charge on any atom is -0.375 e. The number of benzene rings is 1.